The number of hydrogen-bond donors (Lipinski definition) is 1. The number of rotatable bonds is 6. The maximum Gasteiger partial charge on any atom is 0.195 e. The summed E-state index contributed by atoms with van der Waals surface area (Å²) in [4.78, 5) is 0. The molecule has 3 nitrogen and oxygen atoms in total. The molecule has 0 atom stereocenters. The van der Waals surface area contributed by atoms with Crippen molar-refractivity contribution < 1.29 is 14.6 Å². The standard InChI is InChI=1S/C16H24O3/c1-13(2)12-14-4-6-15(7-5-14)16(8-3-9-17)18-10-11-19-16/h4-7,13,17H,3,8-12H2,1-2H3. The van der Waals surface area contributed by atoms with Gasteiger partial charge in [0.1, 0.15) is 0 Å². The van der Waals surface area contributed by atoms with Gasteiger partial charge >= 0.3 is 0 Å². The summed E-state index contributed by atoms with van der Waals surface area (Å²) >= 11 is 0. The van der Waals surface area contributed by atoms with E-state index in [-0.39, 0.29) is 6.61 Å². The van der Waals surface area contributed by atoms with E-state index < -0.39 is 5.79 Å². The second kappa shape index (κ2) is 6.51. The zero-order valence-corrected chi connectivity index (χ0v) is 11.9. The van der Waals surface area contributed by atoms with Gasteiger partial charge in [-0.25, -0.2) is 0 Å². The third-order valence-electron chi connectivity index (χ3n) is 3.46. The van der Waals surface area contributed by atoms with Crippen molar-refractivity contribution in [3.05, 3.63) is 35.4 Å². The third kappa shape index (κ3) is 3.56. The van der Waals surface area contributed by atoms with Crippen LogP contribution in [-0.4, -0.2) is 24.9 Å². The van der Waals surface area contributed by atoms with Gasteiger partial charge in [0.05, 0.1) is 13.2 Å². The Balaban J connectivity index is 2.13. The van der Waals surface area contributed by atoms with E-state index >= 15 is 0 Å². The highest BCUT2D eigenvalue weighted by molar-refractivity contribution is 5.26. The van der Waals surface area contributed by atoms with Gasteiger partial charge in [-0.1, -0.05) is 38.1 Å². The van der Waals surface area contributed by atoms with Gasteiger partial charge < -0.3 is 14.6 Å². The van der Waals surface area contributed by atoms with E-state index in [1.807, 2.05) is 0 Å². The molecular formula is C16H24O3. The van der Waals surface area contributed by atoms with E-state index in [0.717, 1.165) is 12.0 Å². The smallest absolute Gasteiger partial charge is 0.195 e. The molecule has 1 aromatic carbocycles. The summed E-state index contributed by atoms with van der Waals surface area (Å²) in [6, 6.07) is 8.50. The molecule has 2 rings (SSSR count). The zero-order valence-electron chi connectivity index (χ0n) is 11.9. The molecular weight excluding hydrogens is 240 g/mol. The number of benzene rings is 1. The van der Waals surface area contributed by atoms with E-state index in [1.165, 1.54) is 5.56 Å². The summed E-state index contributed by atoms with van der Waals surface area (Å²) in [5.41, 5.74) is 2.40. The Bertz CT molecular complexity index is 377. The van der Waals surface area contributed by atoms with Crippen molar-refractivity contribution in [3.63, 3.8) is 0 Å². The number of hydrogen-bond acceptors (Lipinski definition) is 3. The molecule has 1 saturated heterocycles. The van der Waals surface area contributed by atoms with Crippen LogP contribution in [0.3, 0.4) is 0 Å². The highest BCUT2D eigenvalue weighted by Gasteiger charge is 2.37. The average Bonchev–Trinajstić information content (AvgIpc) is 2.86. The molecule has 1 fully saturated rings. The second-order valence-electron chi connectivity index (χ2n) is 5.57. The molecule has 0 unspecified atom stereocenters. The van der Waals surface area contributed by atoms with Crippen LogP contribution in [0.4, 0.5) is 0 Å². The first-order chi connectivity index (χ1) is 9.16. The molecule has 0 saturated carbocycles. The normalized spacial score (nSPS) is 18.1. The average molecular weight is 264 g/mol. The quantitative estimate of drug-likeness (QED) is 0.858. The molecule has 106 valence electrons. The molecule has 0 bridgehead atoms. The van der Waals surface area contributed by atoms with Crippen LogP contribution in [-0.2, 0) is 21.7 Å². The van der Waals surface area contributed by atoms with Crippen LogP contribution in [0.1, 0.15) is 37.8 Å². The topological polar surface area (TPSA) is 38.7 Å². The molecule has 1 aromatic rings. The Hall–Kier alpha value is -0.900. The Morgan fingerprint density at radius 3 is 2.32 bits per heavy atom. The van der Waals surface area contributed by atoms with E-state index in [4.69, 9.17) is 14.6 Å². The van der Waals surface area contributed by atoms with Crippen LogP contribution in [0.15, 0.2) is 24.3 Å². The van der Waals surface area contributed by atoms with Crippen LogP contribution >= 0.6 is 0 Å². The lowest BCUT2D eigenvalue weighted by Gasteiger charge is -2.28. The van der Waals surface area contributed by atoms with Gasteiger partial charge in [-0.3, -0.25) is 0 Å². The molecule has 0 amide bonds. The fourth-order valence-corrected chi connectivity index (χ4v) is 2.59. The largest absolute Gasteiger partial charge is 0.396 e. The van der Waals surface area contributed by atoms with Crippen molar-refractivity contribution in [3.8, 4) is 0 Å². The highest BCUT2D eigenvalue weighted by Crippen LogP contribution is 2.36. The number of aliphatic hydroxyl groups is 1. The summed E-state index contributed by atoms with van der Waals surface area (Å²) in [7, 11) is 0. The molecule has 3 heteroatoms. The molecule has 0 aliphatic carbocycles. The molecule has 1 aliphatic rings. The minimum atomic E-state index is -0.640. The Morgan fingerprint density at radius 2 is 1.79 bits per heavy atom. The monoisotopic (exact) mass is 264 g/mol. The van der Waals surface area contributed by atoms with Gasteiger partial charge in [-0.2, -0.15) is 0 Å². The van der Waals surface area contributed by atoms with E-state index in [9.17, 15) is 0 Å². The summed E-state index contributed by atoms with van der Waals surface area (Å²) in [6.07, 6.45) is 2.48. The van der Waals surface area contributed by atoms with Crippen LogP contribution in [0.2, 0.25) is 0 Å². The Labute approximate surface area is 115 Å². The summed E-state index contributed by atoms with van der Waals surface area (Å²) in [5.74, 6) is 0.0206. The number of ether oxygens (including phenoxy) is 2. The number of aliphatic hydroxyl groups excluding tert-OH is 1. The van der Waals surface area contributed by atoms with Gasteiger partial charge in [0.2, 0.25) is 0 Å². The molecule has 0 aromatic heterocycles. The van der Waals surface area contributed by atoms with Crippen molar-refractivity contribution >= 4 is 0 Å². The van der Waals surface area contributed by atoms with E-state index in [2.05, 4.69) is 38.1 Å². The minimum absolute atomic E-state index is 0.167. The lowest BCUT2D eigenvalue weighted by Crippen LogP contribution is -2.27. The maximum absolute atomic E-state index is 9.02. The summed E-state index contributed by atoms with van der Waals surface area (Å²) in [5, 5.41) is 9.02. The lowest BCUT2D eigenvalue weighted by molar-refractivity contribution is -0.172. The van der Waals surface area contributed by atoms with E-state index in [0.29, 0.717) is 32.0 Å². The molecule has 0 radical (unpaired) electrons. The SMILES string of the molecule is CC(C)Cc1ccc(C2(CCCO)OCCO2)cc1. The molecule has 1 heterocycles. The van der Waals surface area contributed by atoms with Crippen LogP contribution < -0.4 is 0 Å². The van der Waals surface area contributed by atoms with Crippen molar-refractivity contribution in [2.24, 2.45) is 5.92 Å². The van der Waals surface area contributed by atoms with Crippen LogP contribution in [0.25, 0.3) is 0 Å². The van der Waals surface area contributed by atoms with Crippen LogP contribution in [0, 0.1) is 5.92 Å². The second-order valence-corrected chi connectivity index (χ2v) is 5.57. The fourth-order valence-electron chi connectivity index (χ4n) is 2.59. The van der Waals surface area contributed by atoms with Gasteiger partial charge in [-0.05, 0) is 24.3 Å². The van der Waals surface area contributed by atoms with Gasteiger partial charge in [-0.15, -0.1) is 0 Å². The van der Waals surface area contributed by atoms with Crippen molar-refractivity contribution in [2.45, 2.75) is 38.9 Å². The summed E-state index contributed by atoms with van der Waals surface area (Å²) < 4.78 is 11.6. The zero-order chi connectivity index (χ0) is 13.7. The van der Waals surface area contributed by atoms with Crippen molar-refractivity contribution in [1.82, 2.24) is 0 Å². The lowest BCUT2D eigenvalue weighted by atomic mass is 9.96. The predicted octanol–water partition coefficient (Wildman–Crippen LogP) is 2.86. The maximum atomic E-state index is 9.02. The first-order valence-electron chi connectivity index (χ1n) is 7.14. The van der Waals surface area contributed by atoms with Crippen molar-refractivity contribution in [2.75, 3.05) is 19.8 Å². The first kappa shape index (κ1) is 14.5. The Kier molecular flexibility index (Phi) is 4.97. The first-order valence-corrected chi connectivity index (χ1v) is 7.14. The fraction of sp³-hybridized carbons (Fsp3) is 0.625. The summed E-state index contributed by atoms with van der Waals surface area (Å²) in [6.45, 7) is 5.86. The van der Waals surface area contributed by atoms with Crippen molar-refractivity contribution in [1.29, 1.82) is 0 Å². The van der Waals surface area contributed by atoms with Crippen LogP contribution in [0.5, 0.6) is 0 Å². The minimum Gasteiger partial charge on any atom is -0.396 e. The predicted molar refractivity (Wildman–Crippen MR) is 74.9 cm³/mol. The third-order valence-corrected chi connectivity index (χ3v) is 3.46. The molecule has 1 N–H and O–H groups in total. The van der Waals surface area contributed by atoms with E-state index in [1.54, 1.807) is 0 Å². The highest BCUT2D eigenvalue weighted by atomic mass is 16.7. The molecule has 19 heavy (non-hydrogen) atoms. The van der Waals surface area contributed by atoms with Gasteiger partial charge in [0, 0.05) is 18.6 Å². The molecule has 0 spiro atoms. The van der Waals surface area contributed by atoms with Gasteiger partial charge in [0.25, 0.3) is 0 Å². The van der Waals surface area contributed by atoms with Gasteiger partial charge in [0.15, 0.2) is 5.79 Å². The Morgan fingerprint density at radius 1 is 1.16 bits per heavy atom. The molecule has 1 aliphatic heterocycles.